The molecular formula is C13H15FO. The highest BCUT2D eigenvalue weighted by Gasteiger charge is 2.49. The Morgan fingerprint density at radius 2 is 2.20 bits per heavy atom. The topological polar surface area (TPSA) is 17.1 Å². The van der Waals surface area contributed by atoms with E-state index < -0.39 is 0 Å². The normalized spacial score (nSPS) is 22.5. The summed E-state index contributed by atoms with van der Waals surface area (Å²) in [6, 6.07) is 6.29. The molecule has 0 spiro atoms. The number of hydrogen-bond donors (Lipinski definition) is 0. The van der Waals surface area contributed by atoms with Gasteiger partial charge in [-0.05, 0) is 29.5 Å². The van der Waals surface area contributed by atoms with Crippen LogP contribution < -0.4 is 0 Å². The maximum absolute atomic E-state index is 12.9. The van der Waals surface area contributed by atoms with E-state index >= 15 is 0 Å². The molecule has 80 valence electrons. The second-order valence-corrected chi connectivity index (χ2v) is 5.02. The van der Waals surface area contributed by atoms with Gasteiger partial charge in [0.05, 0.1) is 0 Å². The quantitative estimate of drug-likeness (QED) is 0.743. The fraction of sp³-hybridized carbons (Fsp3) is 0.462. The highest BCUT2D eigenvalue weighted by atomic mass is 19.1. The van der Waals surface area contributed by atoms with E-state index in [0.29, 0.717) is 6.42 Å². The highest BCUT2D eigenvalue weighted by molar-refractivity contribution is 5.86. The first-order chi connectivity index (χ1) is 6.99. The van der Waals surface area contributed by atoms with E-state index in [1.165, 1.54) is 12.1 Å². The molecule has 0 radical (unpaired) electrons. The van der Waals surface area contributed by atoms with E-state index in [2.05, 4.69) is 13.8 Å². The molecule has 1 nitrogen and oxygen atoms in total. The summed E-state index contributed by atoms with van der Waals surface area (Å²) in [5.41, 5.74) is 0.951. The molecule has 0 N–H and O–H groups in total. The summed E-state index contributed by atoms with van der Waals surface area (Å²) in [5, 5.41) is 0. The number of Topliss-reactive ketones (excluding diaryl/α,β-unsaturated/α-hetero) is 1. The van der Waals surface area contributed by atoms with Gasteiger partial charge < -0.3 is 0 Å². The third-order valence-electron chi connectivity index (χ3n) is 3.17. The van der Waals surface area contributed by atoms with Gasteiger partial charge in [-0.3, -0.25) is 4.79 Å². The van der Waals surface area contributed by atoms with Gasteiger partial charge in [-0.25, -0.2) is 4.39 Å². The van der Waals surface area contributed by atoms with Crippen molar-refractivity contribution in [3.63, 3.8) is 0 Å². The lowest BCUT2D eigenvalue weighted by Gasteiger charge is -2.03. The van der Waals surface area contributed by atoms with E-state index in [9.17, 15) is 9.18 Å². The Kier molecular flexibility index (Phi) is 2.37. The fourth-order valence-corrected chi connectivity index (χ4v) is 1.99. The van der Waals surface area contributed by atoms with Gasteiger partial charge in [0.2, 0.25) is 0 Å². The zero-order valence-electron chi connectivity index (χ0n) is 9.09. The molecule has 2 heteroatoms. The minimum absolute atomic E-state index is 0.171. The first-order valence-corrected chi connectivity index (χ1v) is 5.26. The zero-order chi connectivity index (χ0) is 11.1. The molecule has 15 heavy (non-hydrogen) atoms. The molecule has 2 rings (SSSR count). The average molecular weight is 206 g/mol. The van der Waals surface area contributed by atoms with Gasteiger partial charge in [-0.1, -0.05) is 26.0 Å². The van der Waals surface area contributed by atoms with Gasteiger partial charge in [0, 0.05) is 12.3 Å². The Morgan fingerprint density at radius 3 is 2.73 bits per heavy atom. The number of ketones is 1. The maximum Gasteiger partial charge on any atom is 0.140 e. The van der Waals surface area contributed by atoms with Crippen molar-refractivity contribution in [3.05, 3.63) is 35.6 Å². The molecule has 0 amide bonds. The highest BCUT2D eigenvalue weighted by Crippen LogP contribution is 2.52. The third-order valence-corrected chi connectivity index (χ3v) is 3.17. The molecule has 0 aromatic heterocycles. The minimum Gasteiger partial charge on any atom is -0.299 e. The van der Waals surface area contributed by atoms with E-state index in [0.717, 1.165) is 12.0 Å². The number of carbonyl (C=O) groups excluding carboxylic acids is 1. The van der Waals surface area contributed by atoms with Crippen LogP contribution in [0.1, 0.15) is 25.8 Å². The van der Waals surface area contributed by atoms with Crippen molar-refractivity contribution in [1.29, 1.82) is 0 Å². The van der Waals surface area contributed by atoms with Crippen molar-refractivity contribution < 1.29 is 9.18 Å². The van der Waals surface area contributed by atoms with Crippen LogP contribution >= 0.6 is 0 Å². The number of hydrogen-bond acceptors (Lipinski definition) is 1. The molecule has 0 heterocycles. The van der Waals surface area contributed by atoms with Crippen LogP contribution in [-0.2, 0) is 11.2 Å². The van der Waals surface area contributed by atoms with Gasteiger partial charge in [0.15, 0.2) is 0 Å². The molecule has 1 atom stereocenters. The predicted molar refractivity (Wildman–Crippen MR) is 57.0 cm³/mol. The van der Waals surface area contributed by atoms with Crippen molar-refractivity contribution >= 4 is 5.78 Å². The van der Waals surface area contributed by atoms with Crippen LogP contribution in [0.25, 0.3) is 0 Å². The van der Waals surface area contributed by atoms with Crippen LogP contribution in [-0.4, -0.2) is 5.78 Å². The number of carbonyl (C=O) groups is 1. The van der Waals surface area contributed by atoms with Crippen LogP contribution in [0.15, 0.2) is 24.3 Å². The third kappa shape index (κ3) is 2.25. The van der Waals surface area contributed by atoms with Crippen molar-refractivity contribution in [1.82, 2.24) is 0 Å². The molecule has 1 aliphatic rings. The van der Waals surface area contributed by atoms with E-state index in [-0.39, 0.29) is 22.9 Å². The van der Waals surface area contributed by atoms with E-state index in [1.807, 2.05) is 0 Å². The summed E-state index contributed by atoms with van der Waals surface area (Å²) in [5.74, 6) is 0.154. The Bertz CT molecular complexity index is 395. The second-order valence-electron chi connectivity index (χ2n) is 5.02. The molecule has 1 aromatic rings. The number of benzene rings is 1. The Labute approximate surface area is 89.3 Å². The lowest BCUT2D eigenvalue weighted by Crippen LogP contribution is -2.09. The smallest absolute Gasteiger partial charge is 0.140 e. The van der Waals surface area contributed by atoms with E-state index in [4.69, 9.17) is 0 Å². The van der Waals surface area contributed by atoms with Gasteiger partial charge in [0.25, 0.3) is 0 Å². The SMILES string of the molecule is CC1(C)CC1C(=O)Cc1cccc(F)c1. The predicted octanol–water partition coefficient (Wildman–Crippen LogP) is 2.98. The zero-order valence-corrected chi connectivity index (χ0v) is 9.09. The number of rotatable bonds is 3. The molecule has 1 aliphatic carbocycles. The van der Waals surface area contributed by atoms with Gasteiger partial charge in [-0.15, -0.1) is 0 Å². The summed E-state index contributed by atoms with van der Waals surface area (Å²) in [6.07, 6.45) is 1.34. The monoisotopic (exact) mass is 206 g/mol. The van der Waals surface area contributed by atoms with Crippen molar-refractivity contribution in [2.75, 3.05) is 0 Å². The van der Waals surface area contributed by atoms with Gasteiger partial charge in [-0.2, -0.15) is 0 Å². The lowest BCUT2D eigenvalue weighted by atomic mass is 10.0. The van der Waals surface area contributed by atoms with Crippen molar-refractivity contribution in [3.8, 4) is 0 Å². The van der Waals surface area contributed by atoms with Crippen LogP contribution in [0.5, 0.6) is 0 Å². The number of halogens is 1. The summed E-state index contributed by atoms with van der Waals surface area (Å²) in [4.78, 5) is 11.8. The molecule has 0 aliphatic heterocycles. The standard InChI is InChI=1S/C13H15FO/c1-13(2)8-11(13)12(15)7-9-4-3-5-10(14)6-9/h3-6,11H,7-8H2,1-2H3. The van der Waals surface area contributed by atoms with E-state index in [1.54, 1.807) is 12.1 Å². The van der Waals surface area contributed by atoms with Gasteiger partial charge in [0.1, 0.15) is 11.6 Å². The fourth-order valence-electron chi connectivity index (χ4n) is 1.99. The Balaban J connectivity index is 2.01. The Hall–Kier alpha value is -1.18. The van der Waals surface area contributed by atoms with Crippen LogP contribution in [0.4, 0.5) is 4.39 Å². The van der Waals surface area contributed by atoms with Crippen LogP contribution in [0.2, 0.25) is 0 Å². The second kappa shape index (κ2) is 3.44. The molecule has 1 saturated carbocycles. The Morgan fingerprint density at radius 1 is 1.53 bits per heavy atom. The van der Waals surface area contributed by atoms with Crippen molar-refractivity contribution in [2.45, 2.75) is 26.7 Å². The molecule has 0 bridgehead atoms. The molecule has 1 unspecified atom stereocenters. The molecular weight excluding hydrogens is 191 g/mol. The first kappa shape index (κ1) is 10.3. The summed E-state index contributed by atoms with van der Waals surface area (Å²) >= 11 is 0. The van der Waals surface area contributed by atoms with Crippen molar-refractivity contribution in [2.24, 2.45) is 11.3 Å². The van der Waals surface area contributed by atoms with Crippen LogP contribution in [0, 0.1) is 17.2 Å². The lowest BCUT2D eigenvalue weighted by molar-refractivity contribution is -0.120. The molecule has 1 fully saturated rings. The summed E-state index contributed by atoms with van der Waals surface area (Å²) in [6.45, 7) is 4.20. The molecule has 0 saturated heterocycles. The average Bonchev–Trinajstić information content (AvgIpc) is 2.75. The molecule has 1 aromatic carbocycles. The summed E-state index contributed by atoms with van der Waals surface area (Å²) < 4.78 is 12.9. The maximum atomic E-state index is 12.9. The van der Waals surface area contributed by atoms with Gasteiger partial charge >= 0.3 is 0 Å². The first-order valence-electron chi connectivity index (χ1n) is 5.26. The summed E-state index contributed by atoms with van der Waals surface area (Å²) in [7, 11) is 0. The largest absolute Gasteiger partial charge is 0.299 e. The van der Waals surface area contributed by atoms with Crippen LogP contribution in [0.3, 0.4) is 0 Å². The minimum atomic E-state index is -0.268.